The molecular weight excluding hydrogens is 270 g/mol. The number of nitrogens with zero attached hydrogens (tertiary/aromatic N) is 1. The first-order valence-corrected chi connectivity index (χ1v) is 7.40. The van der Waals surface area contributed by atoms with Crippen molar-refractivity contribution in [2.75, 3.05) is 13.2 Å². The van der Waals surface area contributed by atoms with Gasteiger partial charge in [-0.1, -0.05) is 37.3 Å². The maximum atomic E-state index is 5.52. The smallest absolute Gasteiger partial charge is 0.187 e. The van der Waals surface area contributed by atoms with Crippen LogP contribution in [0, 0.1) is 0 Å². The van der Waals surface area contributed by atoms with E-state index in [4.69, 9.17) is 17.0 Å². The third-order valence-electron chi connectivity index (χ3n) is 3.30. The highest BCUT2D eigenvalue weighted by Crippen LogP contribution is 2.11. The summed E-state index contributed by atoms with van der Waals surface area (Å²) in [5, 5.41) is 7.83. The highest BCUT2D eigenvalue weighted by Gasteiger charge is 2.14. The molecule has 0 aromatic heterocycles. The molecule has 0 radical (unpaired) electrons. The second kappa shape index (κ2) is 7.97. The van der Waals surface area contributed by atoms with Crippen molar-refractivity contribution in [2.45, 2.75) is 31.8 Å². The molecule has 2 rings (SSSR count). The van der Waals surface area contributed by atoms with Gasteiger partial charge in [-0.3, -0.25) is 5.43 Å². The number of hydrazone groups is 1. The van der Waals surface area contributed by atoms with Crippen LogP contribution >= 0.6 is 12.2 Å². The number of rotatable bonds is 5. The minimum atomic E-state index is 0.254. The lowest BCUT2D eigenvalue weighted by Gasteiger charge is -2.12. The summed E-state index contributed by atoms with van der Waals surface area (Å²) in [6.07, 6.45) is 4.38. The highest BCUT2D eigenvalue weighted by atomic mass is 32.1. The van der Waals surface area contributed by atoms with Crippen molar-refractivity contribution >= 4 is 23.5 Å². The van der Waals surface area contributed by atoms with Crippen molar-refractivity contribution in [3.05, 3.63) is 35.9 Å². The van der Waals surface area contributed by atoms with Crippen LogP contribution in [0.3, 0.4) is 0 Å². The molecule has 5 heteroatoms. The van der Waals surface area contributed by atoms with Crippen molar-refractivity contribution in [3.63, 3.8) is 0 Å². The number of thiocarbonyl (C=S) groups is 1. The largest absolute Gasteiger partial charge is 0.376 e. The van der Waals surface area contributed by atoms with Crippen molar-refractivity contribution in [3.8, 4) is 0 Å². The van der Waals surface area contributed by atoms with Gasteiger partial charge in [0.25, 0.3) is 0 Å². The first-order valence-electron chi connectivity index (χ1n) is 6.99. The first kappa shape index (κ1) is 14.9. The first-order chi connectivity index (χ1) is 9.75. The fourth-order valence-electron chi connectivity index (χ4n) is 2.10. The van der Waals surface area contributed by atoms with Crippen LogP contribution in [0.25, 0.3) is 0 Å². The lowest BCUT2D eigenvalue weighted by atomic mass is 10.0. The van der Waals surface area contributed by atoms with Gasteiger partial charge >= 0.3 is 0 Å². The van der Waals surface area contributed by atoms with Crippen molar-refractivity contribution in [2.24, 2.45) is 5.10 Å². The van der Waals surface area contributed by atoms with Gasteiger partial charge in [0.15, 0.2) is 5.11 Å². The van der Waals surface area contributed by atoms with Crippen LogP contribution < -0.4 is 10.7 Å². The molecule has 1 heterocycles. The summed E-state index contributed by atoms with van der Waals surface area (Å²) in [5.41, 5.74) is 4.07. The van der Waals surface area contributed by atoms with Crippen LogP contribution in [-0.4, -0.2) is 30.6 Å². The molecule has 20 heavy (non-hydrogen) atoms. The molecule has 2 N–H and O–H groups in total. The molecule has 1 saturated heterocycles. The zero-order valence-electron chi connectivity index (χ0n) is 11.7. The van der Waals surface area contributed by atoms with Gasteiger partial charge in [0.1, 0.15) is 0 Å². The Bertz CT molecular complexity index is 444. The molecule has 0 bridgehead atoms. The Balaban J connectivity index is 1.68. The summed E-state index contributed by atoms with van der Waals surface area (Å²) < 4.78 is 5.52. The minimum Gasteiger partial charge on any atom is -0.376 e. The molecule has 1 aromatic rings. The van der Waals surface area contributed by atoms with Gasteiger partial charge in [0.05, 0.1) is 6.10 Å². The fraction of sp³-hybridized carbons (Fsp3) is 0.467. The number of benzene rings is 1. The van der Waals surface area contributed by atoms with E-state index >= 15 is 0 Å². The monoisotopic (exact) mass is 291 g/mol. The topological polar surface area (TPSA) is 45.7 Å². The van der Waals surface area contributed by atoms with Gasteiger partial charge in [0.2, 0.25) is 0 Å². The van der Waals surface area contributed by atoms with E-state index in [2.05, 4.69) is 34.9 Å². The highest BCUT2D eigenvalue weighted by molar-refractivity contribution is 7.80. The maximum Gasteiger partial charge on any atom is 0.187 e. The van der Waals surface area contributed by atoms with E-state index in [1.807, 2.05) is 24.4 Å². The van der Waals surface area contributed by atoms with Crippen LogP contribution in [0.2, 0.25) is 0 Å². The molecule has 108 valence electrons. The number of hydrogen-bond acceptors (Lipinski definition) is 3. The molecule has 0 saturated carbocycles. The molecule has 0 spiro atoms. The van der Waals surface area contributed by atoms with E-state index in [1.54, 1.807) is 0 Å². The van der Waals surface area contributed by atoms with E-state index in [9.17, 15) is 0 Å². The Morgan fingerprint density at radius 1 is 1.50 bits per heavy atom. The number of hydrogen-bond donors (Lipinski definition) is 2. The molecule has 0 aliphatic carbocycles. The second-order valence-electron chi connectivity index (χ2n) is 4.93. The van der Waals surface area contributed by atoms with Crippen LogP contribution in [-0.2, 0) is 4.74 Å². The summed E-state index contributed by atoms with van der Waals surface area (Å²) in [6, 6.07) is 10.2. The quantitative estimate of drug-likeness (QED) is 0.497. The summed E-state index contributed by atoms with van der Waals surface area (Å²) in [5.74, 6) is 0.254. The third-order valence-corrected chi connectivity index (χ3v) is 3.54. The standard InChI is InChI=1S/C15H21N3OS/c1-12(13-6-3-2-4-7-13)10-17-18-15(20)16-11-14-8-5-9-19-14/h2-4,6-7,10,12,14H,5,8-9,11H2,1H3,(H2,16,18,20)/b17-10-/t12-,14-/m0/s1. The Kier molecular flexibility index (Phi) is 5.95. The van der Waals surface area contributed by atoms with E-state index in [0.717, 1.165) is 26.0 Å². The summed E-state index contributed by atoms with van der Waals surface area (Å²) in [7, 11) is 0. The Labute approximate surface area is 125 Å². The van der Waals surface area contributed by atoms with Crippen LogP contribution in [0.5, 0.6) is 0 Å². The Morgan fingerprint density at radius 3 is 3.00 bits per heavy atom. The molecule has 0 amide bonds. The second-order valence-corrected chi connectivity index (χ2v) is 5.34. The van der Waals surface area contributed by atoms with Gasteiger partial charge in [-0.2, -0.15) is 5.10 Å². The van der Waals surface area contributed by atoms with Gasteiger partial charge in [-0.25, -0.2) is 0 Å². The molecule has 4 nitrogen and oxygen atoms in total. The van der Waals surface area contributed by atoms with Crippen molar-refractivity contribution in [1.82, 2.24) is 10.7 Å². The van der Waals surface area contributed by atoms with Gasteiger partial charge < -0.3 is 10.1 Å². The van der Waals surface area contributed by atoms with E-state index < -0.39 is 0 Å². The Morgan fingerprint density at radius 2 is 2.30 bits per heavy atom. The summed E-state index contributed by atoms with van der Waals surface area (Å²) in [6.45, 7) is 3.71. The fourth-order valence-corrected chi connectivity index (χ4v) is 2.24. The van der Waals surface area contributed by atoms with Crippen LogP contribution in [0.4, 0.5) is 0 Å². The summed E-state index contributed by atoms with van der Waals surface area (Å²) in [4.78, 5) is 0. The average Bonchev–Trinajstić information content (AvgIpc) is 2.99. The molecule has 1 aliphatic heterocycles. The maximum absolute atomic E-state index is 5.52. The molecular formula is C15H21N3OS. The van der Waals surface area contributed by atoms with Gasteiger partial charge in [-0.05, 0) is 30.6 Å². The molecule has 1 aromatic carbocycles. The third kappa shape index (κ3) is 4.90. The normalized spacial score (nSPS) is 19.9. The molecule has 1 aliphatic rings. The van der Waals surface area contributed by atoms with Crippen LogP contribution in [0.1, 0.15) is 31.2 Å². The summed E-state index contributed by atoms with van der Waals surface area (Å²) >= 11 is 5.17. The van der Waals surface area contributed by atoms with Crippen molar-refractivity contribution in [1.29, 1.82) is 0 Å². The van der Waals surface area contributed by atoms with E-state index in [1.165, 1.54) is 5.56 Å². The lowest BCUT2D eigenvalue weighted by Crippen LogP contribution is -2.37. The average molecular weight is 291 g/mol. The van der Waals surface area contributed by atoms with Gasteiger partial charge in [-0.15, -0.1) is 0 Å². The van der Waals surface area contributed by atoms with E-state index in [-0.39, 0.29) is 12.0 Å². The van der Waals surface area contributed by atoms with Crippen LogP contribution in [0.15, 0.2) is 35.4 Å². The lowest BCUT2D eigenvalue weighted by molar-refractivity contribution is 0.114. The zero-order chi connectivity index (χ0) is 14.2. The minimum absolute atomic E-state index is 0.254. The van der Waals surface area contributed by atoms with Gasteiger partial charge in [0, 0.05) is 25.3 Å². The predicted molar refractivity (Wildman–Crippen MR) is 86.1 cm³/mol. The zero-order valence-corrected chi connectivity index (χ0v) is 12.5. The molecule has 2 atom stereocenters. The number of ether oxygens (including phenoxy) is 1. The Hall–Kier alpha value is -1.46. The molecule has 1 fully saturated rings. The SMILES string of the molecule is C[C@@H](/C=N\NC(=S)NC[C@@H]1CCCO1)c1ccccc1. The predicted octanol–water partition coefficient (Wildman–Crippen LogP) is 2.42. The van der Waals surface area contributed by atoms with Crippen molar-refractivity contribution < 1.29 is 4.74 Å². The number of nitrogens with one attached hydrogen (secondary N) is 2. The van der Waals surface area contributed by atoms with E-state index in [0.29, 0.717) is 5.11 Å². The molecule has 0 unspecified atom stereocenters.